The molecular weight excluding hydrogens is 1380 g/mol. The summed E-state index contributed by atoms with van der Waals surface area (Å²) in [7, 11) is 3.28. The molecule has 5 heterocycles. The van der Waals surface area contributed by atoms with Crippen LogP contribution in [0.25, 0.3) is 10.9 Å². The van der Waals surface area contributed by atoms with Crippen molar-refractivity contribution < 1.29 is 82.1 Å². The fraction of sp³-hybridized carbons (Fsp3) is 0.561. The first-order chi connectivity index (χ1) is 47.1. The van der Waals surface area contributed by atoms with Gasteiger partial charge in [-0.2, -0.15) is 0 Å². The van der Waals surface area contributed by atoms with Crippen molar-refractivity contribution in [3.05, 3.63) is 36.0 Å². The van der Waals surface area contributed by atoms with Gasteiger partial charge in [0.1, 0.15) is 72.5 Å². The molecule has 12 atom stereocenters. The lowest BCUT2D eigenvalue weighted by atomic mass is 10.0. The summed E-state index contributed by atoms with van der Waals surface area (Å²) in [5, 5.41) is 53.6. The number of guanidine groups is 2. The molecule has 4 aliphatic rings. The van der Waals surface area contributed by atoms with Gasteiger partial charge in [-0.05, 0) is 64.0 Å². The van der Waals surface area contributed by atoms with Crippen LogP contribution in [-0.2, 0) is 78.3 Å². The fourth-order valence-electron chi connectivity index (χ4n) is 10.3. The van der Waals surface area contributed by atoms with Crippen LogP contribution in [0, 0.1) is 0 Å². The second kappa shape index (κ2) is 38.7. The molecule has 24 N–H and O–H groups in total. The third kappa shape index (κ3) is 24.6. The van der Waals surface area contributed by atoms with Gasteiger partial charge in [-0.25, -0.2) is 0 Å². The maximum absolute atomic E-state index is 14.9. The number of nitrogens with zero attached hydrogens (tertiary/aromatic N) is 3. The van der Waals surface area contributed by atoms with Crippen molar-refractivity contribution in [1.82, 2.24) is 79.0 Å². The Morgan fingerprint density at radius 2 is 0.980 bits per heavy atom. The summed E-state index contributed by atoms with van der Waals surface area (Å²) in [6, 6.07) is -12.7. The van der Waals surface area contributed by atoms with Crippen molar-refractivity contribution in [3.8, 4) is 0 Å². The number of hydrogen-bond acceptors (Lipinski definition) is 22. The highest BCUT2D eigenvalue weighted by atomic mass is 33.1. The van der Waals surface area contributed by atoms with Gasteiger partial charge in [-0.3, -0.25) is 81.9 Å². The topological polar surface area (TPSA) is 601 Å². The van der Waals surface area contributed by atoms with E-state index in [4.69, 9.17) is 22.9 Å². The number of rotatable bonds is 13. The van der Waals surface area contributed by atoms with Gasteiger partial charge in [-0.1, -0.05) is 61.4 Å². The number of aliphatic hydroxyl groups excluding tert-OH is 1. The number of nitrogens with two attached hydrogens (primary N) is 4. The van der Waals surface area contributed by atoms with Crippen LogP contribution in [0.1, 0.15) is 64.4 Å². The number of nitrogens with one attached hydrogen (secondary N) is 14. The van der Waals surface area contributed by atoms with Gasteiger partial charge in [-0.15, -0.1) is 0 Å². The molecule has 542 valence electrons. The number of carbonyl (C=O) groups excluding carboxylic acids is 14. The highest BCUT2D eigenvalue weighted by molar-refractivity contribution is 8.77. The van der Waals surface area contributed by atoms with E-state index in [1.807, 2.05) is 0 Å². The third-order valence-corrected chi connectivity index (χ3v) is 20.4. The van der Waals surface area contributed by atoms with Gasteiger partial charge < -0.3 is 112 Å². The summed E-state index contributed by atoms with van der Waals surface area (Å²) in [5.74, 6) is -18.5. The quantitative estimate of drug-likeness (QED) is 0.0383. The Hall–Kier alpha value is -9.29. The van der Waals surface area contributed by atoms with E-state index >= 15 is 0 Å². The van der Waals surface area contributed by atoms with E-state index in [9.17, 15) is 82.1 Å². The number of aliphatic imine (C=N–C) groups is 2. The second-order valence-corrected chi connectivity index (χ2v) is 28.2. The minimum Gasteiger partial charge on any atom is -0.481 e. The van der Waals surface area contributed by atoms with E-state index < -0.39 is 210 Å². The number of carbonyl (C=O) groups is 15. The summed E-state index contributed by atoms with van der Waals surface area (Å²) < 4.78 is 0. The van der Waals surface area contributed by atoms with Gasteiger partial charge in [0.15, 0.2) is 11.9 Å². The van der Waals surface area contributed by atoms with Crippen LogP contribution in [0.4, 0.5) is 0 Å². The molecule has 6 rings (SSSR count). The standard InChI is InChI=1S/C57H83N21O17S4/c1-26-44(84)66-19-41(80)65-20-42(81)69-36-22-96-97-24-38-51(91)68-27(2)45(85)72-33(16-28-18-64-30-9-4-3-8-29(28)30)48(88)70-31(10-5-13-62-56(58)59)46(86)75-37(50(90)67-26)23-98-99-25-39(77-52(36)92)53(93)74-35(21-79)49(89)73-34(17-43(82)83)55(95)78-15-7-12-40(78)54(94)71-32(47(87)76-38)11-6-14-63-57(60)61/h3-4,8-9,18,26-27,31-40,64,79H,5-7,10-17,19-25H2,1-2H3,(H,65,80)(H,66,84)(H,67,90)(H,68,91)(H,69,81)(H,70,88)(H,71,94)(H,72,85)(H,73,89)(H,74,93)(H,75,86)(H,76,87)(H,77,92)(H,82,83)(H4,58,59,62)(H4,60,61,63)/t26?,27-,31?,32-,33-,34-,35-,36-,37-,38-,39-,40-/m0/s1. The predicted octanol–water partition coefficient (Wildman–Crippen LogP) is -8.32. The van der Waals surface area contributed by atoms with Crippen molar-refractivity contribution >= 4 is 155 Å². The number of aliphatic hydroxyl groups is 1. The summed E-state index contributed by atoms with van der Waals surface area (Å²) in [6.45, 7) is -0.563. The zero-order chi connectivity index (χ0) is 72.5. The molecule has 4 saturated heterocycles. The molecule has 1 aromatic carbocycles. The van der Waals surface area contributed by atoms with Crippen LogP contribution in [0.15, 0.2) is 40.4 Å². The summed E-state index contributed by atoms with van der Waals surface area (Å²) in [6.07, 6.45) is -0.0238. The van der Waals surface area contributed by atoms with Crippen LogP contribution in [0.3, 0.4) is 0 Å². The number of benzene rings is 1. The van der Waals surface area contributed by atoms with Crippen molar-refractivity contribution in [3.63, 3.8) is 0 Å². The van der Waals surface area contributed by atoms with Crippen molar-refractivity contribution in [2.45, 2.75) is 138 Å². The van der Waals surface area contributed by atoms with Gasteiger partial charge in [0, 0.05) is 66.2 Å². The van der Waals surface area contributed by atoms with Gasteiger partial charge in [0.2, 0.25) is 82.7 Å². The minimum absolute atomic E-state index is 0.0129. The Morgan fingerprint density at radius 3 is 1.54 bits per heavy atom. The average molecular weight is 1460 g/mol. The SMILES string of the molecule is CC1NC(=O)[C@@H]2CSSC[C@@H]3NC(=O)[C@H](CSSC[C@H](NC(=O)[C@H](CCCN=C(N)N)NC(=O)[C@@H]4CCCN4C(=O)[C@H](CC(=O)O)NC(=O)[C@H](CO)NC3=O)C(=O)N[C@@H](C)C(=O)N[C@@H](Cc3c[nH]c4ccccc34)C(=O)NC(CCCN=C(N)N)C(=O)N2)NC(=O)CNC(=O)CNC1=O. The first-order valence-corrected chi connectivity index (χ1v) is 36.3. The molecule has 42 heteroatoms. The normalized spacial score (nSPS) is 27.1. The highest BCUT2D eigenvalue weighted by Gasteiger charge is 2.42. The number of fused-ring (bicyclic) bond motifs is 10. The molecular formula is C57H83N21O17S4. The van der Waals surface area contributed by atoms with Crippen molar-refractivity contribution in [1.29, 1.82) is 0 Å². The highest BCUT2D eigenvalue weighted by Crippen LogP contribution is 2.27. The molecule has 4 fully saturated rings. The van der Waals surface area contributed by atoms with Crippen LogP contribution in [0.5, 0.6) is 0 Å². The van der Waals surface area contributed by atoms with E-state index in [-0.39, 0.29) is 76.5 Å². The Bertz CT molecular complexity index is 3390. The molecule has 1 aromatic heterocycles. The molecule has 0 spiro atoms. The lowest BCUT2D eigenvalue weighted by Gasteiger charge is -2.30. The summed E-state index contributed by atoms with van der Waals surface area (Å²) in [5.41, 5.74) is 23.5. The maximum Gasteiger partial charge on any atom is 0.305 e. The molecule has 0 radical (unpaired) electrons. The first-order valence-electron chi connectivity index (χ1n) is 31.3. The van der Waals surface area contributed by atoms with Crippen LogP contribution < -0.4 is 92.1 Å². The van der Waals surface area contributed by atoms with Gasteiger partial charge in [0.05, 0.1) is 26.1 Å². The Balaban J connectivity index is 1.53. The molecule has 38 nitrogen and oxygen atoms in total. The lowest BCUT2D eigenvalue weighted by Crippen LogP contribution is -2.61. The largest absolute Gasteiger partial charge is 0.481 e. The Morgan fingerprint density at radius 1 is 0.525 bits per heavy atom. The number of H-pyrrole nitrogens is 1. The zero-order valence-electron chi connectivity index (χ0n) is 53.8. The Kier molecular flexibility index (Phi) is 30.8. The average Bonchev–Trinajstić information content (AvgIpc) is 1.72. The molecule has 0 aliphatic carbocycles. The predicted molar refractivity (Wildman–Crippen MR) is 364 cm³/mol. The molecule has 0 saturated carbocycles. The number of hydrogen-bond donors (Lipinski definition) is 20. The number of aliphatic carboxylic acids is 1. The Labute approximate surface area is 582 Å². The molecule has 4 aliphatic heterocycles. The number of amides is 14. The molecule has 2 aromatic rings. The van der Waals surface area contributed by atoms with Crippen LogP contribution >= 0.6 is 43.2 Å². The van der Waals surface area contributed by atoms with E-state index in [1.54, 1.807) is 30.5 Å². The number of para-hydroxylation sites is 1. The van der Waals surface area contributed by atoms with Crippen LogP contribution in [0.2, 0.25) is 0 Å². The monoisotopic (exact) mass is 1460 g/mol. The fourth-order valence-corrected chi connectivity index (χ4v) is 15.0. The molecule has 99 heavy (non-hydrogen) atoms. The second-order valence-electron chi connectivity index (χ2n) is 23.1. The maximum atomic E-state index is 14.9. The number of aromatic amines is 1. The van der Waals surface area contributed by atoms with Gasteiger partial charge >= 0.3 is 5.97 Å². The number of aromatic nitrogens is 1. The zero-order valence-corrected chi connectivity index (χ0v) is 57.1. The van der Waals surface area contributed by atoms with E-state index in [0.717, 1.165) is 48.1 Å². The van der Waals surface area contributed by atoms with Gasteiger partial charge in [0.25, 0.3) is 0 Å². The van der Waals surface area contributed by atoms with E-state index in [2.05, 4.69) is 84.1 Å². The molecule has 14 amide bonds. The minimum atomic E-state index is -1.99. The summed E-state index contributed by atoms with van der Waals surface area (Å²) in [4.78, 5) is 225. The van der Waals surface area contributed by atoms with Crippen LogP contribution in [-0.4, -0.2) is 256 Å². The van der Waals surface area contributed by atoms with E-state index in [0.29, 0.717) is 16.5 Å². The molecule has 2 unspecified atom stereocenters. The number of carboxylic acid groups (broad SMARTS) is 1. The van der Waals surface area contributed by atoms with Crippen molar-refractivity contribution in [2.75, 3.05) is 62.3 Å². The third-order valence-electron chi connectivity index (χ3n) is 15.6. The molecule has 4 bridgehead atoms. The first kappa shape index (κ1) is 78.7. The lowest BCUT2D eigenvalue weighted by molar-refractivity contribution is -0.146. The van der Waals surface area contributed by atoms with E-state index in [1.165, 1.54) is 13.8 Å². The number of carboxylic acids is 1. The van der Waals surface area contributed by atoms with Crippen molar-refractivity contribution in [2.24, 2.45) is 32.9 Å². The smallest absolute Gasteiger partial charge is 0.305 e. The summed E-state index contributed by atoms with van der Waals surface area (Å²) >= 11 is 0.